The predicted molar refractivity (Wildman–Crippen MR) is 106 cm³/mol. The molecule has 0 saturated heterocycles. The highest BCUT2D eigenvalue weighted by atomic mass is 32.2. The Balaban J connectivity index is 1.53. The van der Waals surface area contributed by atoms with Gasteiger partial charge in [0.15, 0.2) is 5.16 Å². The summed E-state index contributed by atoms with van der Waals surface area (Å²) in [7, 11) is 0. The van der Waals surface area contributed by atoms with Crippen LogP contribution in [-0.2, 0) is 11.0 Å². The second kappa shape index (κ2) is 7.57. The lowest BCUT2D eigenvalue weighted by Gasteiger charge is -2.13. The van der Waals surface area contributed by atoms with Gasteiger partial charge in [-0.05, 0) is 18.2 Å². The maximum Gasteiger partial charge on any atom is 0.418 e. The molecule has 13 heteroatoms. The molecule has 8 nitrogen and oxygen atoms in total. The molecule has 0 spiro atoms. The number of nitrogens with zero attached hydrogens (tertiary/aromatic N) is 4. The van der Waals surface area contributed by atoms with Crippen molar-refractivity contribution in [2.24, 2.45) is 0 Å². The third-order valence-electron chi connectivity index (χ3n) is 4.04. The minimum atomic E-state index is -4.86. The molecule has 30 heavy (non-hydrogen) atoms. The number of nitro benzene ring substituents is 1. The Morgan fingerprint density at radius 3 is 2.73 bits per heavy atom. The summed E-state index contributed by atoms with van der Waals surface area (Å²) in [6.45, 7) is 0. The smallest absolute Gasteiger partial charge is 0.325 e. The monoisotopic (exact) mass is 453 g/mol. The number of benzene rings is 2. The third-order valence-corrected chi connectivity index (χ3v) is 5.98. The van der Waals surface area contributed by atoms with E-state index >= 15 is 0 Å². The number of thioether (sulfide) groups is 1. The molecular formula is C17H10F3N5O3S2. The number of nitro groups is 1. The lowest BCUT2D eigenvalue weighted by atomic mass is 10.1. The molecule has 0 unspecified atom stereocenters. The average Bonchev–Trinajstić information content (AvgIpc) is 3.25. The molecule has 0 fully saturated rings. The Kier molecular flexibility index (Phi) is 5.07. The van der Waals surface area contributed by atoms with Gasteiger partial charge in [-0.15, -0.1) is 10.2 Å². The van der Waals surface area contributed by atoms with Crippen molar-refractivity contribution in [3.63, 3.8) is 0 Å². The average molecular weight is 453 g/mol. The number of aromatic nitrogens is 3. The number of anilines is 1. The predicted octanol–water partition coefficient (Wildman–Crippen LogP) is 4.60. The number of amides is 1. The number of non-ortho nitro benzene ring substituents is 1. The molecular weight excluding hydrogens is 443 g/mol. The third kappa shape index (κ3) is 3.80. The first kappa shape index (κ1) is 20.1. The Bertz CT molecular complexity index is 1280. The van der Waals surface area contributed by atoms with E-state index in [-0.39, 0.29) is 5.75 Å². The number of hydrogen-bond acceptors (Lipinski definition) is 7. The lowest BCUT2D eigenvalue weighted by molar-refractivity contribution is -0.385. The summed E-state index contributed by atoms with van der Waals surface area (Å²) in [5.74, 6) is -0.935. The largest absolute Gasteiger partial charge is 0.418 e. The van der Waals surface area contributed by atoms with Crippen molar-refractivity contribution < 1.29 is 22.9 Å². The standard InChI is InChI=1S/C17H10F3N5O3S2/c18-17(19,20)10-7-9(25(27)28)5-6-11(10)21-14(26)8-29-15-22-23-16-24(15)12-3-1-2-4-13(12)30-16/h1-7H,8H2,(H,21,26). The number of alkyl halides is 3. The number of hydrogen-bond donors (Lipinski definition) is 1. The number of fused-ring (bicyclic) bond motifs is 3. The fraction of sp³-hybridized carbons (Fsp3) is 0.118. The number of thiazole rings is 1. The molecule has 0 bridgehead atoms. The van der Waals surface area contributed by atoms with Crippen LogP contribution in [-0.4, -0.2) is 31.2 Å². The highest BCUT2D eigenvalue weighted by Gasteiger charge is 2.35. The van der Waals surface area contributed by atoms with Gasteiger partial charge < -0.3 is 5.32 Å². The van der Waals surface area contributed by atoms with Gasteiger partial charge in [-0.25, -0.2) is 0 Å². The number of carbonyl (C=O) groups is 1. The van der Waals surface area contributed by atoms with Crippen molar-refractivity contribution in [2.45, 2.75) is 11.3 Å². The van der Waals surface area contributed by atoms with Crippen LogP contribution >= 0.6 is 23.1 Å². The van der Waals surface area contributed by atoms with Crippen molar-refractivity contribution in [2.75, 3.05) is 11.1 Å². The van der Waals surface area contributed by atoms with Gasteiger partial charge in [0.05, 0.1) is 32.1 Å². The second-order valence-corrected chi connectivity index (χ2v) is 7.94. The first-order valence-corrected chi connectivity index (χ1v) is 10.0. The molecule has 0 aliphatic rings. The first-order valence-electron chi connectivity index (χ1n) is 8.25. The van der Waals surface area contributed by atoms with Crippen LogP contribution in [0.25, 0.3) is 15.2 Å². The molecule has 4 rings (SSSR count). The molecule has 0 aliphatic carbocycles. The second-order valence-electron chi connectivity index (χ2n) is 5.99. The van der Waals surface area contributed by atoms with E-state index in [1.807, 2.05) is 24.3 Å². The van der Waals surface area contributed by atoms with E-state index in [0.717, 1.165) is 34.1 Å². The SMILES string of the molecule is O=C(CSc1nnc2sc3ccccc3n12)Nc1ccc([N+](=O)[O-])cc1C(F)(F)F. The van der Waals surface area contributed by atoms with E-state index in [0.29, 0.717) is 16.2 Å². The fourth-order valence-electron chi connectivity index (χ4n) is 2.75. The summed E-state index contributed by atoms with van der Waals surface area (Å²) in [5, 5.41) is 21.4. The highest BCUT2D eigenvalue weighted by molar-refractivity contribution is 7.99. The number of halogens is 3. The summed E-state index contributed by atoms with van der Waals surface area (Å²) < 4.78 is 42.5. The summed E-state index contributed by atoms with van der Waals surface area (Å²) in [6, 6.07) is 9.68. The summed E-state index contributed by atoms with van der Waals surface area (Å²) in [4.78, 5) is 22.7. The highest BCUT2D eigenvalue weighted by Crippen LogP contribution is 2.37. The van der Waals surface area contributed by atoms with Crippen molar-refractivity contribution in [1.82, 2.24) is 14.6 Å². The molecule has 2 heterocycles. The summed E-state index contributed by atoms with van der Waals surface area (Å²) >= 11 is 2.44. The molecule has 0 aliphatic heterocycles. The molecule has 0 atom stereocenters. The van der Waals surface area contributed by atoms with E-state index in [1.54, 1.807) is 4.40 Å². The minimum absolute atomic E-state index is 0.223. The first-order chi connectivity index (χ1) is 14.2. The molecule has 1 N–H and O–H groups in total. The van der Waals surface area contributed by atoms with Crippen LogP contribution in [0.3, 0.4) is 0 Å². The van der Waals surface area contributed by atoms with Crippen LogP contribution in [0.2, 0.25) is 0 Å². The Hall–Kier alpha value is -3.19. The maximum absolute atomic E-state index is 13.2. The van der Waals surface area contributed by atoms with E-state index in [4.69, 9.17) is 0 Å². The van der Waals surface area contributed by atoms with Gasteiger partial charge in [-0.3, -0.25) is 19.3 Å². The van der Waals surface area contributed by atoms with E-state index < -0.39 is 33.9 Å². The van der Waals surface area contributed by atoms with Gasteiger partial charge >= 0.3 is 6.18 Å². The van der Waals surface area contributed by atoms with Gasteiger partial charge in [0.25, 0.3) is 5.69 Å². The number of carbonyl (C=O) groups excluding carboxylic acids is 1. The zero-order valence-corrected chi connectivity index (χ0v) is 16.3. The summed E-state index contributed by atoms with van der Waals surface area (Å²) in [6.07, 6.45) is -4.86. The van der Waals surface area contributed by atoms with Crippen molar-refractivity contribution in [3.8, 4) is 0 Å². The van der Waals surface area contributed by atoms with E-state index in [2.05, 4.69) is 15.5 Å². The Morgan fingerprint density at radius 2 is 2.00 bits per heavy atom. The van der Waals surface area contributed by atoms with Gasteiger partial charge in [0.1, 0.15) is 0 Å². The Labute approximate surface area is 173 Å². The molecule has 2 aromatic heterocycles. The van der Waals surface area contributed by atoms with Crippen LogP contribution < -0.4 is 5.32 Å². The molecule has 154 valence electrons. The van der Waals surface area contributed by atoms with E-state index in [1.165, 1.54) is 11.3 Å². The zero-order valence-electron chi connectivity index (χ0n) is 14.7. The van der Waals surface area contributed by atoms with Crippen molar-refractivity contribution in [3.05, 3.63) is 58.1 Å². The lowest BCUT2D eigenvalue weighted by Crippen LogP contribution is -2.18. The molecule has 1 amide bonds. The van der Waals surface area contributed by atoms with Gasteiger partial charge in [0, 0.05) is 12.1 Å². The summed E-state index contributed by atoms with van der Waals surface area (Å²) in [5.41, 5.74) is -1.69. The van der Waals surface area contributed by atoms with Crippen molar-refractivity contribution >= 4 is 55.6 Å². The van der Waals surface area contributed by atoms with Crippen molar-refractivity contribution in [1.29, 1.82) is 0 Å². The quantitative estimate of drug-likeness (QED) is 0.269. The van der Waals surface area contributed by atoms with Crippen LogP contribution in [0.15, 0.2) is 47.6 Å². The molecule has 0 radical (unpaired) electrons. The maximum atomic E-state index is 13.2. The van der Waals surface area contributed by atoms with Crippen LogP contribution in [0.1, 0.15) is 5.56 Å². The van der Waals surface area contributed by atoms with Crippen LogP contribution in [0.5, 0.6) is 0 Å². The minimum Gasteiger partial charge on any atom is -0.325 e. The number of nitrogens with one attached hydrogen (secondary N) is 1. The normalized spacial score (nSPS) is 11.8. The van der Waals surface area contributed by atoms with Gasteiger partial charge in [-0.2, -0.15) is 13.2 Å². The molecule has 2 aromatic carbocycles. The molecule has 4 aromatic rings. The fourth-order valence-corrected chi connectivity index (χ4v) is 4.52. The van der Waals surface area contributed by atoms with Crippen LogP contribution in [0.4, 0.5) is 24.5 Å². The van der Waals surface area contributed by atoms with Gasteiger partial charge in [0.2, 0.25) is 10.9 Å². The Morgan fingerprint density at radius 1 is 1.23 bits per heavy atom. The number of rotatable bonds is 5. The zero-order chi connectivity index (χ0) is 21.5. The molecule has 0 saturated carbocycles. The van der Waals surface area contributed by atoms with Gasteiger partial charge in [-0.1, -0.05) is 35.2 Å². The van der Waals surface area contributed by atoms with Crippen LogP contribution in [0, 0.1) is 10.1 Å². The topological polar surface area (TPSA) is 102 Å². The number of para-hydroxylation sites is 1. The van der Waals surface area contributed by atoms with E-state index in [9.17, 15) is 28.1 Å².